The summed E-state index contributed by atoms with van der Waals surface area (Å²) in [5.74, 6) is 3.88. The van der Waals surface area contributed by atoms with Gasteiger partial charge in [0.15, 0.2) is 0 Å². The van der Waals surface area contributed by atoms with Crippen LogP contribution in [0.2, 0.25) is 0 Å². The van der Waals surface area contributed by atoms with Crippen LogP contribution in [-0.4, -0.2) is 22.6 Å². The van der Waals surface area contributed by atoms with E-state index in [-0.39, 0.29) is 0 Å². The first-order valence-electron chi connectivity index (χ1n) is 7.49. The number of nitrogens with zero attached hydrogens (tertiary/aromatic N) is 2. The van der Waals surface area contributed by atoms with Gasteiger partial charge in [0, 0.05) is 24.6 Å². The van der Waals surface area contributed by atoms with Crippen LogP contribution in [0.4, 0.5) is 11.6 Å². The molecule has 1 aromatic rings. The molecule has 0 bridgehead atoms. The van der Waals surface area contributed by atoms with E-state index in [1.807, 2.05) is 6.07 Å². The summed E-state index contributed by atoms with van der Waals surface area (Å²) in [7, 11) is 0. The van der Waals surface area contributed by atoms with Crippen LogP contribution in [-0.2, 0) is 0 Å². The highest BCUT2D eigenvalue weighted by Gasteiger charge is 2.23. The predicted molar refractivity (Wildman–Crippen MR) is 80.7 cm³/mol. The fourth-order valence-corrected chi connectivity index (χ4v) is 2.62. The maximum Gasteiger partial charge on any atom is 0.135 e. The van der Waals surface area contributed by atoms with Gasteiger partial charge >= 0.3 is 0 Å². The summed E-state index contributed by atoms with van der Waals surface area (Å²) in [6.07, 6.45) is 3.89. The molecule has 19 heavy (non-hydrogen) atoms. The Hall–Kier alpha value is -1.32. The average Bonchev–Trinajstić information content (AvgIpc) is 2.75. The van der Waals surface area contributed by atoms with E-state index >= 15 is 0 Å². The lowest BCUT2D eigenvalue weighted by Gasteiger charge is -2.19. The molecule has 2 N–H and O–H groups in total. The highest BCUT2D eigenvalue weighted by molar-refractivity contribution is 5.48. The summed E-state index contributed by atoms with van der Waals surface area (Å²) in [4.78, 5) is 9.20. The molecule has 0 aromatic carbocycles. The maximum atomic E-state index is 4.65. The average molecular weight is 262 g/mol. The zero-order chi connectivity index (χ0) is 13.8. The van der Waals surface area contributed by atoms with Gasteiger partial charge in [0.25, 0.3) is 0 Å². The molecule has 1 fully saturated rings. The molecule has 1 aliphatic carbocycles. The Morgan fingerprint density at radius 3 is 2.58 bits per heavy atom. The zero-order valence-corrected chi connectivity index (χ0v) is 12.5. The fourth-order valence-electron chi connectivity index (χ4n) is 2.62. The first-order chi connectivity index (χ1) is 9.10. The summed E-state index contributed by atoms with van der Waals surface area (Å²) in [6.45, 7) is 9.55. The van der Waals surface area contributed by atoms with E-state index in [4.69, 9.17) is 0 Å². The van der Waals surface area contributed by atoms with Crippen molar-refractivity contribution in [3.8, 4) is 0 Å². The smallest absolute Gasteiger partial charge is 0.135 e. The molecule has 1 saturated carbocycles. The lowest BCUT2D eigenvalue weighted by atomic mass is 10.1. The van der Waals surface area contributed by atoms with E-state index in [0.717, 1.165) is 29.9 Å². The number of nitrogens with one attached hydrogen (secondary N) is 2. The maximum absolute atomic E-state index is 4.65. The number of aromatic nitrogens is 2. The molecule has 2 atom stereocenters. The molecule has 0 saturated heterocycles. The third-order valence-electron chi connectivity index (χ3n) is 3.81. The van der Waals surface area contributed by atoms with Crippen molar-refractivity contribution < 1.29 is 0 Å². The Bertz CT molecular complexity index is 417. The molecule has 1 aromatic heterocycles. The summed E-state index contributed by atoms with van der Waals surface area (Å²) in [5.41, 5.74) is 0. The van der Waals surface area contributed by atoms with Crippen molar-refractivity contribution in [2.75, 3.05) is 17.2 Å². The SMILES string of the molecule is CCNc1cc(NC2CCCC2C)nc(C(C)C)n1. The monoisotopic (exact) mass is 262 g/mol. The molecular weight excluding hydrogens is 236 g/mol. The van der Waals surface area contributed by atoms with E-state index in [1.54, 1.807) is 0 Å². The van der Waals surface area contributed by atoms with Crippen LogP contribution >= 0.6 is 0 Å². The van der Waals surface area contributed by atoms with Crippen molar-refractivity contribution in [1.29, 1.82) is 0 Å². The third-order valence-corrected chi connectivity index (χ3v) is 3.81. The number of hydrogen-bond donors (Lipinski definition) is 2. The van der Waals surface area contributed by atoms with Crippen LogP contribution in [0, 0.1) is 5.92 Å². The lowest BCUT2D eigenvalue weighted by Crippen LogP contribution is -2.23. The van der Waals surface area contributed by atoms with Gasteiger partial charge in [0.1, 0.15) is 17.5 Å². The van der Waals surface area contributed by atoms with Gasteiger partial charge in [0.05, 0.1) is 0 Å². The molecular formula is C15H26N4. The van der Waals surface area contributed by atoms with E-state index in [2.05, 4.69) is 48.3 Å². The summed E-state index contributed by atoms with van der Waals surface area (Å²) >= 11 is 0. The van der Waals surface area contributed by atoms with E-state index in [9.17, 15) is 0 Å². The normalized spacial score (nSPS) is 22.8. The number of rotatable bonds is 5. The van der Waals surface area contributed by atoms with Gasteiger partial charge in [-0.15, -0.1) is 0 Å². The van der Waals surface area contributed by atoms with Gasteiger partial charge in [-0.25, -0.2) is 9.97 Å². The van der Waals surface area contributed by atoms with E-state index in [0.29, 0.717) is 12.0 Å². The summed E-state index contributed by atoms with van der Waals surface area (Å²) in [6, 6.07) is 2.59. The second kappa shape index (κ2) is 6.22. The van der Waals surface area contributed by atoms with Gasteiger partial charge in [0.2, 0.25) is 0 Å². The molecule has 0 aliphatic heterocycles. The highest BCUT2D eigenvalue weighted by Crippen LogP contribution is 2.28. The zero-order valence-electron chi connectivity index (χ0n) is 12.5. The number of anilines is 2. The molecule has 0 radical (unpaired) electrons. The molecule has 0 amide bonds. The van der Waals surface area contributed by atoms with Crippen molar-refractivity contribution in [2.45, 2.75) is 58.9 Å². The van der Waals surface area contributed by atoms with Gasteiger partial charge < -0.3 is 10.6 Å². The highest BCUT2D eigenvalue weighted by atomic mass is 15.1. The topological polar surface area (TPSA) is 49.8 Å². The van der Waals surface area contributed by atoms with E-state index < -0.39 is 0 Å². The van der Waals surface area contributed by atoms with E-state index in [1.165, 1.54) is 19.3 Å². The minimum absolute atomic E-state index is 0.347. The fraction of sp³-hybridized carbons (Fsp3) is 0.733. The quantitative estimate of drug-likeness (QED) is 0.850. The van der Waals surface area contributed by atoms with Gasteiger partial charge in [-0.05, 0) is 25.7 Å². The molecule has 4 heteroatoms. The van der Waals surface area contributed by atoms with Crippen molar-refractivity contribution >= 4 is 11.6 Å². The van der Waals surface area contributed by atoms with Gasteiger partial charge in [-0.3, -0.25) is 0 Å². The van der Waals surface area contributed by atoms with Crippen LogP contribution in [0.5, 0.6) is 0 Å². The molecule has 4 nitrogen and oxygen atoms in total. The largest absolute Gasteiger partial charge is 0.370 e. The van der Waals surface area contributed by atoms with Crippen molar-refractivity contribution in [2.24, 2.45) is 5.92 Å². The van der Waals surface area contributed by atoms with Gasteiger partial charge in [-0.1, -0.05) is 27.2 Å². The lowest BCUT2D eigenvalue weighted by molar-refractivity contribution is 0.554. The predicted octanol–water partition coefficient (Wildman–Crippen LogP) is 3.63. The van der Waals surface area contributed by atoms with Gasteiger partial charge in [-0.2, -0.15) is 0 Å². The summed E-state index contributed by atoms with van der Waals surface area (Å²) in [5, 5.41) is 6.88. The first kappa shape index (κ1) is 14.1. The Morgan fingerprint density at radius 1 is 1.26 bits per heavy atom. The van der Waals surface area contributed by atoms with Crippen molar-refractivity contribution in [1.82, 2.24) is 9.97 Å². The van der Waals surface area contributed by atoms with Crippen molar-refractivity contribution in [3.05, 3.63) is 11.9 Å². The third kappa shape index (κ3) is 3.58. The Labute approximate surface area is 116 Å². The Kier molecular flexibility index (Phi) is 4.61. The van der Waals surface area contributed by atoms with Crippen LogP contribution in [0.15, 0.2) is 6.07 Å². The first-order valence-corrected chi connectivity index (χ1v) is 7.49. The standard InChI is InChI=1S/C15H26N4/c1-5-16-13-9-14(19-15(18-13)10(2)3)17-12-8-6-7-11(12)4/h9-12H,5-8H2,1-4H3,(H2,16,17,18,19). The second-order valence-electron chi connectivity index (χ2n) is 5.84. The molecule has 2 rings (SSSR count). The van der Waals surface area contributed by atoms with Crippen molar-refractivity contribution in [3.63, 3.8) is 0 Å². The Balaban J connectivity index is 2.18. The molecule has 1 heterocycles. The molecule has 1 aliphatic rings. The van der Waals surface area contributed by atoms with Crippen LogP contribution in [0.3, 0.4) is 0 Å². The van der Waals surface area contributed by atoms with Crippen LogP contribution < -0.4 is 10.6 Å². The molecule has 0 spiro atoms. The minimum atomic E-state index is 0.347. The molecule has 2 unspecified atom stereocenters. The second-order valence-corrected chi connectivity index (χ2v) is 5.84. The van der Waals surface area contributed by atoms with Crippen LogP contribution in [0.1, 0.15) is 58.7 Å². The Morgan fingerprint density at radius 2 is 2.00 bits per heavy atom. The van der Waals surface area contributed by atoms with Crippen LogP contribution in [0.25, 0.3) is 0 Å². The summed E-state index contributed by atoms with van der Waals surface area (Å²) < 4.78 is 0. The number of hydrogen-bond acceptors (Lipinski definition) is 4. The minimum Gasteiger partial charge on any atom is -0.370 e. The molecule has 106 valence electrons.